The lowest BCUT2D eigenvalue weighted by Gasteiger charge is -2.15. The molecule has 0 aliphatic carbocycles. The molecule has 2 amide bonds. The SMILES string of the molecule is C=CCn1c(SCC(=O)Nc2cc(C)c(C)cc2Br)nnc1[C@H](C)NC(=O)c1ccccc1. The van der Waals surface area contributed by atoms with Gasteiger partial charge in [-0.25, -0.2) is 0 Å². The van der Waals surface area contributed by atoms with Crippen LogP contribution in [0.4, 0.5) is 5.69 Å². The van der Waals surface area contributed by atoms with E-state index in [1.165, 1.54) is 11.8 Å². The lowest BCUT2D eigenvalue weighted by molar-refractivity contribution is -0.113. The topological polar surface area (TPSA) is 88.9 Å². The second-order valence-electron chi connectivity index (χ2n) is 7.55. The third kappa shape index (κ3) is 6.33. The van der Waals surface area contributed by atoms with Crippen molar-refractivity contribution < 1.29 is 9.59 Å². The number of nitrogens with zero attached hydrogens (tertiary/aromatic N) is 3. The predicted molar refractivity (Wildman–Crippen MR) is 136 cm³/mol. The van der Waals surface area contributed by atoms with Crippen LogP contribution in [0, 0.1) is 13.8 Å². The van der Waals surface area contributed by atoms with Gasteiger partial charge in [0.2, 0.25) is 5.91 Å². The molecule has 1 heterocycles. The number of amides is 2. The van der Waals surface area contributed by atoms with Crippen LogP contribution in [-0.4, -0.2) is 32.3 Å². The first-order chi connectivity index (χ1) is 15.8. The van der Waals surface area contributed by atoms with E-state index in [2.05, 4.69) is 43.3 Å². The summed E-state index contributed by atoms with van der Waals surface area (Å²) >= 11 is 4.78. The first kappa shape index (κ1) is 24.7. The minimum atomic E-state index is -0.375. The summed E-state index contributed by atoms with van der Waals surface area (Å²) < 4.78 is 2.69. The Morgan fingerprint density at radius 1 is 1.18 bits per heavy atom. The van der Waals surface area contributed by atoms with E-state index in [0.29, 0.717) is 23.1 Å². The summed E-state index contributed by atoms with van der Waals surface area (Å²) in [4.78, 5) is 25.1. The second-order valence-corrected chi connectivity index (χ2v) is 9.35. The van der Waals surface area contributed by atoms with Gasteiger partial charge >= 0.3 is 0 Å². The minimum absolute atomic E-state index is 0.149. The lowest BCUT2D eigenvalue weighted by Crippen LogP contribution is -2.28. The summed E-state index contributed by atoms with van der Waals surface area (Å²) in [6.45, 7) is 10.1. The number of nitrogens with one attached hydrogen (secondary N) is 2. The average Bonchev–Trinajstić information content (AvgIpc) is 3.19. The van der Waals surface area contributed by atoms with E-state index >= 15 is 0 Å². The van der Waals surface area contributed by atoms with Crippen molar-refractivity contribution in [1.82, 2.24) is 20.1 Å². The number of allylic oxidation sites excluding steroid dienone is 1. The fourth-order valence-electron chi connectivity index (χ4n) is 3.16. The van der Waals surface area contributed by atoms with Crippen molar-refractivity contribution in [2.24, 2.45) is 0 Å². The predicted octanol–water partition coefficient (Wildman–Crippen LogP) is 5.07. The molecule has 7 nitrogen and oxygen atoms in total. The van der Waals surface area contributed by atoms with E-state index in [-0.39, 0.29) is 23.6 Å². The zero-order valence-electron chi connectivity index (χ0n) is 18.8. The Morgan fingerprint density at radius 2 is 1.88 bits per heavy atom. The van der Waals surface area contributed by atoms with Gasteiger partial charge < -0.3 is 15.2 Å². The van der Waals surface area contributed by atoms with Gasteiger partial charge in [0.05, 0.1) is 17.5 Å². The van der Waals surface area contributed by atoms with Gasteiger partial charge in [0.1, 0.15) is 0 Å². The maximum atomic E-state index is 12.6. The van der Waals surface area contributed by atoms with Gasteiger partial charge in [-0.05, 0) is 72.1 Å². The second kappa shape index (κ2) is 11.3. The molecule has 2 N–H and O–H groups in total. The Morgan fingerprint density at radius 3 is 2.58 bits per heavy atom. The molecule has 0 aliphatic rings. The van der Waals surface area contributed by atoms with Crippen LogP contribution in [0.3, 0.4) is 0 Å². The number of aromatic nitrogens is 3. The Hall–Kier alpha value is -2.91. The number of carbonyl (C=O) groups is 2. The van der Waals surface area contributed by atoms with E-state index < -0.39 is 0 Å². The van der Waals surface area contributed by atoms with Crippen molar-refractivity contribution >= 4 is 45.2 Å². The maximum Gasteiger partial charge on any atom is 0.251 e. The first-order valence-electron chi connectivity index (χ1n) is 10.4. The maximum absolute atomic E-state index is 12.6. The number of carbonyl (C=O) groups excluding carboxylic acids is 2. The van der Waals surface area contributed by atoms with Gasteiger partial charge in [-0.1, -0.05) is 36.0 Å². The van der Waals surface area contributed by atoms with Crippen LogP contribution in [0.25, 0.3) is 0 Å². The number of rotatable bonds is 9. The van der Waals surface area contributed by atoms with Gasteiger partial charge in [0.25, 0.3) is 5.91 Å². The van der Waals surface area contributed by atoms with Crippen molar-refractivity contribution in [3.63, 3.8) is 0 Å². The summed E-state index contributed by atoms with van der Waals surface area (Å²) in [5.74, 6) is 0.422. The van der Waals surface area contributed by atoms with E-state index in [0.717, 1.165) is 21.3 Å². The van der Waals surface area contributed by atoms with Crippen molar-refractivity contribution in [2.45, 2.75) is 38.5 Å². The van der Waals surface area contributed by atoms with Crippen LogP contribution >= 0.6 is 27.7 Å². The fraction of sp³-hybridized carbons (Fsp3) is 0.250. The number of halogens is 1. The van der Waals surface area contributed by atoms with Crippen molar-refractivity contribution in [2.75, 3.05) is 11.1 Å². The molecular weight excluding hydrogens is 502 g/mol. The van der Waals surface area contributed by atoms with E-state index in [1.54, 1.807) is 18.2 Å². The molecule has 9 heteroatoms. The van der Waals surface area contributed by atoms with Crippen molar-refractivity contribution in [3.8, 4) is 0 Å². The molecule has 0 saturated heterocycles. The summed E-state index contributed by atoms with van der Waals surface area (Å²) in [6, 6.07) is 12.5. The lowest BCUT2D eigenvalue weighted by atomic mass is 10.1. The first-order valence-corrected chi connectivity index (χ1v) is 12.2. The Bertz CT molecular complexity index is 1160. The molecule has 0 spiro atoms. The number of anilines is 1. The number of thioether (sulfide) groups is 1. The molecule has 1 aromatic heterocycles. The standard InChI is InChI=1S/C24H26BrN5O2S/c1-5-11-30-22(17(4)26-23(32)18-9-7-6-8-10-18)28-29-24(30)33-14-21(31)27-20-13-16(3)15(2)12-19(20)25/h5-10,12-13,17H,1,11,14H2,2-4H3,(H,26,32)(H,27,31)/t17-/m0/s1. The Balaban J connectivity index is 1.67. The van der Waals surface area contributed by atoms with Gasteiger partial charge in [-0.15, -0.1) is 16.8 Å². The third-order valence-corrected chi connectivity index (χ3v) is 6.64. The molecule has 172 valence electrons. The molecule has 0 radical (unpaired) electrons. The van der Waals surface area contributed by atoms with Crippen LogP contribution < -0.4 is 10.6 Å². The van der Waals surface area contributed by atoms with Crippen LogP contribution in [0.15, 0.2) is 64.7 Å². The quantitative estimate of drug-likeness (QED) is 0.299. The summed E-state index contributed by atoms with van der Waals surface area (Å²) in [5.41, 5.74) is 3.55. The van der Waals surface area contributed by atoms with Gasteiger partial charge in [0, 0.05) is 16.6 Å². The summed E-state index contributed by atoms with van der Waals surface area (Å²) in [5, 5.41) is 15.0. The largest absolute Gasteiger partial charge is 0.342 e. The molecular formula is C24H26BrN5O2S. The molecule has 33 heavy (non-hydrogen) atoms. The molecule has 2 aromatic carbocycles. The highest BCUT2D eigenvalue weighted by molar-refractivity contribution is 9.10. The molecule has 3 rings (SSSR count). The van der Waals surface area contributed by atoms with E-state index in [1.807, 2.05) is 55.7 Å². The fourth-order valence-corrected chi connectivity index (χ4v) is 4.47. The third-order valence-electron chi connectivity index (χ3n) is 5.02. The van der Waals surface area contributed by atoms with Gasteiger partial charge in [-0.2, -0.15) is 0 Å². The summed E-state index contributed by atoms with van der Waals surface area (Å²) in [7, 11) is 0. The molecule has 1 atom stereocenters. The molecule has 0 bridgehead atoms. The van der Waals surface area contributed by atoms with Crippen molar-refractivity contribution in [1.29, 1.82) is 0 Å². The summed E-state index contributed by atoms with van der Waals surface area (Å²) in [6.07, 6.45) is 1.73. The number of aryl methyl sites for hydroxylation is 2. The van der Waals surface area contributed by atoms with E-state index in [4.69, 9.17) is 0 Å². The molecule has 0 saturated carbocycles. The molecule has 0 aliphatic heterocycles. The van der Waals surface area contributed by atoms with Crippen LogP contribution in [-0.2, 0) is 11.3 Å². The van der Waals surface area contributed by atoms with Crippen molar-refractivity contribution in [3.05, 3.63) is 82.1 Å². The highest BCUT2D eigenvalue weighted by Gasteiger charge is 2.20. The van der Waals surface area contributed by atoms with Crippen LogP contribution in [0.5, 0.6) is 0 Å². The smallest absolute Gasteiger partial charge is 0.251 e. The minimum Gasteiger partial charge on any atom is -0.342 e. The Kier molecular flexibility index (Phi) is 8.46. The van der Waals surface area contributed by atoms with Crippen LogP contribution in [0.1, 0.15) is 40.3 Å². The molecule has 0 unspecified atom stereocenters. The molecule has 3 aromatic rings. The van der Waals surface area contributed by atoms with Gasteiger partial charge in [-0.3, -0.25) is 9.59 Å². The highest BCUT2D eigenvalue weighted by atomic mass is 79.9. The zero-order valence-corrected chi connectivity index (χ0v) is 21.2. The number of hydrogen-bond donors (Lipinski definition) is 2. The monoisotopic (exact) mass is 527 g/mol. The van der Waals surface area contributed by atoms with E-state index in [9.17, 15) is 9.59 Å². The van der Waals surface area contributed by atoms with Crippen LogP contribution in [0.2, 0.25) is 0 Å². The number of hydrogen-bond acceptors (Lipinski definition) is 5. The molecule has 0 fully saturated rings. The highest BCUT2D eigenvalue weighted by Crippen LogP contribution is 2.27. The number of benzene rings is 2. The zero-order chi connectivity index (χ0) is 24.0. The van der Waals surface area contributed by atoms with Gasteiger partial charge in [0.15, 0.2) is 11.0 Å². The normalized spacial score (nSPS) is 11.6. The average molecular weight is 528 g/mol. The Labute approximate surface area is 206 Å².